The normalized spacial score (nSPS) is 10.7. The van der Waals surface area contributed by atoms with Gasteiger partial charge in [0.1, 0.15) is 17.3 Å². The van der Waals surface area contributed by atoms with Gasteiger partial charge in [0, 0.05) is 23.0 Å². The Morgan fingerprint density at radius 2 is 1.96 bits per heavy atom. The van der Waals surface area contributed by atoms with Gasteiger partial charge in [-0.3, -0.25) is 4.79 Å². The smallest absolute Gasteiger partial charge is 0.185 e. The summed E-state index contributed by atoms with van der Waals surface area (Å²) in [6.07, 6.45) is 4.82. The quantitative estimate of drug-likeness (QED) is 0.266. The van der Waals surface area contributed by atoms with Crippen molar-refractivity contribution in [1.29, 1.82) is 0 Å². The highest BCUT2D eigenvalue weighted by molar-refractivity contribution is 6.07. The van der Waals surface area contributed by atoms with Crippen LogP contribution in [0.3, 0.4) is 0 Å². The Labute approximate surface area is 156 Å². The van der Waals surface area contributed by atoms with Gasteiger partial charge in [0.15, 0.2) is 5.78 Å². The van der Waals surface area contributed by atoms with E-state index in [0.29, 0.717) is 22.8 Å². The molecule has 0 aliphatic heterocycles. The molecule has 1 aromatic heterocycles. The molecule has 0 aliphatic rings. The number of carbonyl (C=O) groups excluding carboxylic acids is 1. The summed E-state index contributed by atoms with van der Waals surface area (Å²) in [4.78, 5) is 16.7. The van der Waals surface area contributed by atoms with Crippen molar-refractivity contribution in [1.82, 2.24) is 4.98 Å². The first-order chi connectivity index (χ1) is 13.1. The van der Waals surface area contributed by atoms with E-state index in [-0.39, 0.29) is 11.5 Å². The average molecular weight is 361 g/mol. The molecule has 0 aliphatic carbocycles. The molecule has 3 aromatic rings. The second-order valence-corrected chi connectivity index (χ2v) is 5.77. The molecule has 6 heteroatoms. The molecule has 136 valence electrons. The maximum atomic E-state index is 12.4. The van der Waals surface area contributed by atoms with E-state index < -0.39 is 0 Å². The van der Waals surface area contributed by atoms with Crippen LogP contribution < -0.4 is 15.8 Å². The average Bonchev–Trinajstić information content (AvgIpc) is 2.68. The number of pyridine rings is 1. The Morgan fingerprint density at radius 1 is 1.19 bits per heavy atom. The highest BCUT2D eigenvalue weighted by Crippen LogP contribution is 2.24. The van der Waals surface area contributed by atoms with Crippen molar-refractivity contribution in [3.8, 4) is 11.5 Å². The van der Waals surface area contributed by atoms with Gasteiger partial charge in [-0.1, -0.05) is 0 Å². The second-order valence-electron chi connectivity index (χ2n) is 5.77. The van der Waals surface area contributed by atoms with Crippen molar-refractivity contribution in [2.45, 2.75) is 0 Å². The molecule has 0 fully saturated rings. The molecule has 6 nitrogen and oxygen atoms in total. The van der Waals surface area contributed by atoms with Gasteiger partial charge in [-0.2, -0.15) is 0 Å². The molecule has 2 aromatic carbocycles. The minimum Gasteiger partial charge on any atom is -0.508 e. The van der Waals surface area contributed by atoms with E-state index in [9.17, 15) is 9.90 Å². The number of ether oxygens (including phenoxy) is 1. The Hall–Kier alpha value is -3.80. The molecule has 0 atom stereocenters. The number of anilines is 3. The number of aromatic hydroxyl groups is 1. The number of allylic oxidation sites excluding steroid dienone is 1. The topological polar surface area (TPSA) is 97.5 Å². The van der Waals surface area contributed by atoms with Crippen molar-refractivity contribution >= 4 is 29.1 Å². The zero-order chi connectivity index (χ0) is 19.2. The van der Waals surface area contributed by atoms with Crippen LogP contribution in [0.5, 0.6) is 11.5 Å². The molecule has 0 spiro atoms. The Balaban J connectivity index is 1.79. The number of phenols is 1. The van der Waals surface area contributed by atoms with Crippen LogP contribution in [0.2, 0.25) is 0 Å². The predicted molar refractivity (Wildman–Crippen MR) is 106 cm³/mol. The lowest BCUT2D eigenvalue weighted by atomic mass is 10.1. The van der Waals surface area contributed by atoms with Crippen LogP contribution in [0, 0.1) is 0 Å². The summed E-state index contributed by atoms with van der Waals surface area (Å²) in [7, 11) is 1.53. The number of nitrogens with zero attached hydrogens (tertiary/aromatic N) is 1. The standard InChI is InChI=1S/C21H19N3O3/c1-27-20-11-5-15(13-18(20)22)19(26)10-4-14-3-2-12-23-21(14)24-16-6-8-17(25)9-7-16/h2-13,25H,22H2,1H3,(H,23,24)/b10-4+. The van der Waals surface area contributed by atoms with Crippen molar-refractivity contribution in [2.75, 3.05) is 18.2 Å². The van der Waals surface area contributed by atoms with Gasteiger partial charge < -0.3 is 20.9 Å². The van der Waals surface area contributed by atoms with Crippen LogP contribution in [0.15, 0.2) is 66.9 Å². The van der Waals surface area contributed by atoms with Crippen molar-refractivity contribution in [3.63, 3.8) is 0 Å². The maximum absolute atomic E-state index is 12.4. The first-order valence-electron chi connectivity index (χ1n) is 8.24. The maximum Gasteiger partial charge on any atom is 0.185 e. The third-order valence-electron chi connectivity index (χ3n) is 3.90. The number of hydrogen-bond acceptors (Lipinski definition) is 6. The van der Waals surface area contributed by atoms with E-state index in [2.05, 4.69) is 10.3 Å². The summed E-state index contributed by atoms with van der Waals surface area (Å²) < 4.78 is 5.10. The third kappa shape index (κ3) is 4.43. The predicted octanol–water partition coefficient (Wildman–Crippen LogP) is 4.02. The molecule has 4 N–H and O–H groups in total. The molecular formula is C21H19N3O3. The highest BCUT2D eigenvalue weighted by atomic mass is 16.5. The van der Waals surface area contributed by atoms with Gasteiger partial charge in [0.25, 0.3) is 0 Å². The fourth-order valence-corrected chi connectivity index (χ4v) is 2.49. The fraction of sp³-hybridized carbons (Fsp3) is 0.0476. The number of benzene rings is 2. The Morgan fingerprint density at radius 3 is 2.67 bits per heavy atom. The number of nitrogen functional groups attached to an aromatic ring is 1. The van der Waals surface area contributed by atoms with Gasteiger partial charge >= 0.3 is 0 Å². The molecule has 0 unspecified atom stereocenters. The van der Waals surface area contributed by atoms with E-state index in [4.69, 9.17) is 10.5 Å². The molecule has 3 rings (SSSR count). The van der Waals surface area contributed by atoms with Crippen LogP contribution in [0.25, 0.3) is 6.08 Å². The van der Waals surface area contributed by atoms with Crippen LogP contribution in [0.4, 0.5) is 17.2 Å². The molecule has 27 heavy (non-hydrogen) atoms. The molecule has 0 saturated carbocycles. The lowest BCUT2D eigenvalue weighted by Gasteiger charge is -2.08. The number of aromatic nitrogens is 1. The number of nitrogens with one attached hydrogen (secondary N) is 1. The third-order valence-corrected chi connectivity index (χ3v) is 3.90. The minimum atomic E-state index is -0.177. The van der Waals surface area contributed by atoms with Crippen molar-refractivity contribution < 1.29 is 14.6 Å². The number of phenolic OH excluding ortho intramolecular Hbond substituents is 1. The second kappa shape index (κ2) is 8.05. The van der Waals surface area contributed by atoms with Crippen LogP contribution in [-0.4, -0.2) is 23.0 Å². The molecule has 0 radical (unpaired) electrons. The van der Waals surface area contributed by atoms with Crippen molar-refractivity contribution in [2.24, 2.45) is 0 Å². The summed E-state index contributed by atoms with van der Waals surface area (Å²) in [5, 5.41) is 12.5. The number of nitrogens with two attached hydrogens (primary N) is 1. The molecular weight excluding hydrogens is 342 g/mol. The monoisotopic (exact) mass is 361 g/mol. The van der Waals surface area contributed by atoms with Gasteiger partial charge in [0.2, 0.25) is 0 Å². The first-order valence-corrected chi connectivity index (χ1v) is 8.24. The van der Waals surface area contributed by atoms with Gasteiger partial charge in [0.05, 0.1) is 12.8 Å². The van der Waals surface area contributed by atoms with E-state index in [0.717, 1.165) is 11.3 Å². The number of methoxy groups -OCH3 is 1. The number of carbonyl (C=O) groups is 1. The highest BCUT2D eigenvalue weighted by Gasteiger charge is 2.07. The molecule has 0 saturated heterocycles. The number of rotatable bonds is 6. The fourth-order valence-electron chi connectivity index (χ4n) is 2.49. The van der Waals surface area contributed by atoms with Gasteiger partial charge in [-0.15, -0.1) is 0 Å². The summed E-state index contributed by atoms with van der Waals surface area (Å²) in [5.74, 6) is 1.14. The van der Waals surface area contributed by atoms with Gasteiger partial charge in [-0.05, 0) is 66.7 Å². The zero-order valence-corrected chi connectivity index (χ0v) is 14.7. The molecule has 1 heterocycles. The first kappa shape index (κ1) is 18.0. The van der Waals surface area contributed by atoms with Crippen LogP contribution in [0.1, 0.15) is 15.9 Å². The molecule has 0 bridgehead atoms. The summed E-state index contributed by atoms with van der Waals surface area (Å²) in [6, 6.07) is 15.2. The summed E-state index contributed by atoms with van der Waals surface area (Å²) in [6.45, 7) is 0. The lowest BCUT2D eigenvalue weighted by Crippen LogP contribution is -1.99. The van der Waals surface area contributed by atoms with E-state index >= 15 is 0 Å². The van der Waals surface area contributed by atoms with Gasteiger partial charge in [-0.25, -0.2) is 4.98 Å². The lowest BCUT2D eigenvalue weighted by molar-refractivity contribution is 0.104. The Bertz CT molecular complexity index is 982. The number of ketones is 1. The zero-order valence-electron chi connectivity index (χ0n) is 14.7. The van der Waals surface area contributed by atoms with E-state index in [1.54, 1.807) is 60.8 Å². The summed E-state index contributed by atoms with van der Waals surface area (Å²) in [5.41, 5.74) is 8.27. The van der Waals surface area contributed by atoms with E-state index in [1.807, 2.05) is 6.07 Å². The van der Waals surface area contributed by atoms with E-state index in [1.165, 1.54) is 13.2 Å². The largest absolute Gasteiger partial charge is 0.508 e. The minimum absolute atomic E-state index is 0.177. The number of hydrogen-bond donors (Lipinski definition) is 3. The van der Waals surface area contributed by atoms with Crippen LogP contribution >= 0.6 is 0 Å². The molecule has 0 amide bonds. The SMILES string of the molecule is COc1ccc(C(=O)/C=C/c2cccnc2Nc2ccc(O)cc2)cc1N. The summed E-state index contributed by atoms with van der Waals surface area (Å²) >= 11 is 0. The Kier molecular flexibility index (Phi) is 5.37. The van der Waals surface area contributed by atoms with Crippen LogP contribution in [-0.2, 0) is 0 Å². The van der Waals surface area contributed by atoms with Crippen molar-refractivity contribution in [3.05, 3.63) is 78.0 Å².